The Morgan fingerprint density at radius 2 is 2.07 bits per heavy atom. The lowest BCUT2D eigenvalue weighted by Crippen LogP contribution is -2.23. The fourth-order valence-electron chi connectivity index (χ4n) is 1.59. The van der Waals surface area contributed by atoms with Gasteiger partial charge in [0.1, 0.15) is 12.3 Å². The predicted molar refractivity (Wildman–Crippen MR) is 49.9 cm³/mol. The molecule has 0 unspecified atom stereocenters. The van der Waals surface area contributed by atoms with Gasteiger partial charge in [-0.3, -0.25) is 0 Å². The van der Waals surface area contributed by atoms with E-state index in [9.17, 15) is 4.39 Å². The third-order valence-electron chi connectivity index (χ3n) is 2.39. The number of halogens is 1. The van der Waals surface area contributed by atoms with E-state index in [4.69, 9.17) is 4.74 Å². The highest BCUT2D eigenvalue weighted by Gasteiger charge is 2.29. The van der Waals surface area contributed by atoms with Crippen LogP contribution in [0.4, 0.5) is 4.39 Å². The van der Waals surface area contributed by atoms with Gasteiger partial charge < -0.3 is 4.74 Å². The third-order valence-corrected chi connectivity index (χ3v) is 2.39. The number of nitrogens with zero attached hydrogens (tertiary/aromatic N) is 2. The van der Waals surface area contributed by atoms with E-state index in [0.29, 0.717) is 6.42 Å². The molecule has 1 heterocycles. The van der Waals surface area contributed by atoms with Gasteiger partial charge in [-0.25, -0.2) is 14.4 Å². The summed E-state index contributed by atoms with van der Waals surface area (Å²) >= 11 is 0. The van der Waals surface area contributed by atoms with E-state index in [2.05, 4.69) is 9.97 Å². The van der Waals surface area contributed by atoms with Crippen molar-refractivity contribution < 1.29 is 9.13 Å². The lowest BCUT2D eigenvalue weighted by atomic mass is 10.3. The van der Waals surface area contributed by atoms with E-state index in [1.165, 1.54) is 0 Å². The normalized spacial score (nSPS) is 26.4. The first-order valence-corrected chi connectivity index (χ1v) is 4.85. The smallest absolute Gasteiger partial charge is 0.316 e. The minimum atomic E-state index is -0.861. The van der Waals surface area contributed by atoms with Crippen LogP contribution in [-0.2, 0) is 0 Å². The van der Waals surface area contributed by atoms with Crippen LogP contribution < -0.4 is 4.74 Å². The lowest BCUT2D eigenvalue weighted by molar-refractivity contribution is 0.115. The number of ether oxygens (including phenoxy) is 1. The first-order chi connectivity index (χ1) is 6.75. The van der Waals surface area contributed by atoms with Crippen molar-refractivity contribution in [2.45, 2.75) is 38.5 Å². The van der Waals surface area contributed by atoms with Gasteiger partial charge in [-0.1, -0.05) is 0 Å². The fourth-order valence-corrected chi connectivity index (χ4v) is 1.59. The fraction of sp³-hybridized carbons (Fsp3) is 0.600. The third kappa shape index (κ3) is 2.00. The van der Waals surface area contributed by atoms with Crippen molar-refractivity contribution in [3.05, 3.63) is 18.0 Å². The number of alkyl halides is 1. The van der Waals surface area contributed by atoms with Gasteiger partial charge in [0.2, 0.25) is 0 Å². The molecule has 4 heteroatoms. The molecule has 14 heavy (non-hydrogen) atoms. The Bertz CT molecular complexity index is 301. The summed E-state index contributed by atoms with van der Waals surface area (Å²) in [5.41, 5.74) is 0.973. The maximum Gasteiger partial charge on any atom is 0.316 e. The second-order valence-corrected chi connectivity index (χ2v) is 3.65. The summed E-state index contributed by atoms with van der Waals surface area (Å²) in [6, 6.07) is 0.283. The van der Waals surface area contributed by atoms with Gasteiger partial charge in [0.15, 0.2) is 0 Å². The summed E-state index contributed by atoms with van der Waals surface area (Å²) in [6.45, 7) is 1.90. The maximum atomic E-state index is 13.2. The summed E-state index contributed by atoms with van der Waals surface area (Å²) in [5.74, 6) is 0. The van der Waals surface area contributed by atoms with Gasteiger partial charge in [-0.15, -0.1) is 0 Å². The Labute approximate surface area is 82.3 Å². The molecule has 0 saturated heterocycles. The van der Waals surface area contributed by atoms with Crippen molar-refractivity contribution in [2.24, 2.45) is 0 Å². The molecule has 0 spiro atoms. The van der Waals surface area contributed by atoms with E-state index >= 15 is 0 Å². The Morgan fingerprint density at radius 3 is 2.64 bits per heavy atom. The summed E-state index contributed by atoms with van der Waals surface area (Å²) < 4.78 is 18.5. The van der Waals surface area contributed by atoms with Gasteiger partial charge in [0.05, 0.1) is 0 Å². The Hall–Kier alpha value is -1.19. The lowest BCUT2D eigenvalue weighted by Gasteiger charge is -2.13. The molecular weight excluding hydrogens is 183 g/mol. The summed E-state index contributed by atoms with van der Waals surface area (Å²) in [6.07, 6.45) is 4.37. The van der Waals surface area contributed by atoms with Crippen LogP contribution in [0.2, 0.25) is 0 Å². The monoisotopic (exact) mass is 196 g/mol. The van der Waals surface area contributed by atoms with Gasteiger partial charge in [-0.05, 0) is 31.7 Å². The van der Waals surface area contributed by atoms with Crippen LogP contribution in [0.1, 0.15) is 24.8 Å². The van der Waals surface area contributed by atoms with E-state index in [1.807, 2.05) is 6.92 Å². The molecule has 0 amide bonds. The highest BCUT2D eigenvalue weighted by atomic mass is 19.1. The zero-order valence-electron chi connectivity index (χ0n) is 8.11. The molecule has 1 aliphatic rings. The molecular formula is C10H13FN2O. The van der Waals surface area contributed by atoms with Gasteiger partial charge in [-0.2, -0.15) is 0 Å². The second-order valence-electron chi connectivity index (χ2n) is 3.65. The summed E-state index contributed by atoms with van der Waals surface area (Å²) in [5, 5.41) is 0. The molecule has 2 rings (SSSR count). The van der Waals surface area contributed by atoms with Crippen molar-refractivity contribution in [2.75, 3.05) is 0 Å². The number of hydrogen-bond acceptors (Lipinski definition) is 3. The Balaban J connectivity index is 2.00. The number of hydrogen-bond donors (Lipinski definition) is 0. The summed E-state index contributed by atoms with van der Waals surface area (Å²) in [7, 11) is 0. The minimum Gasteiger partial charge on any atom is -0.457 e. The number of rotatable bonds is 2. The molecule has 1 aliphatic carbocycles. The van der Waals surface area contributed by atoms with Crippen molar-refractivity contribution in [1.29, 1.82) is 0 Å². The average Bonchev–Trinajstić information content (AvgIpc) is 2.56. The highest BCUT2D eigenvalue weighted by Crippen LogP contribution is 2.25. The molecule has 0 aliphatic heterocycles. The average molecular weight is 196 g/mol. The highest BCUT2D eigenvalue weighted by molar-refractivity contribution is 5.05. The molecule has 1 aromatic rings. The molecule has 2 atom stereocenters. The van der Waals surface area contributed by atoms with Crippen LogP contribution in [0.25, 0.3) is 0 Å². The Morgan fingerprint density at radius 1 is 1.36 bits per heavy atom. The second kappa shape index (κ2) is 3.90. The molecule has 0 aromatic carbocycles. The van der Waals surface area contributed by atoms with E-state index in [0.717, 1.165) is 18.4 Å². The molecule has 1 fully saturated rings. The minimum absolute atomic E-state index is 0.283. The largest absolute Gasteiger partial charge is 0.457 e. The van der Waals surface area contributed by atoms with E-state index < -0.39 is 6.17 Å². The van der Waals surface area contributed by atoms with Crippen LogP contribution in [0.15, 0.2) is 12.4 Å². The van der Waals surface area contributed by atoms with Crippen molar-refractivity contribution >= 4 is 0 Å². The van der Waals surface area contributed by atoms with Gasteiger partial charge in [0.25, 0.3) is 0 Å². The van der Waals surface area contributed by atoms with Crippen LogP contribution in [0.5, 0.6) is 6.01 Å². The van der Waals surface area contributed by atoms with E-state index in [1.54, 1.807) is 12.4 Å². The van der Waals surface area contributed by atoms with Crippen LogP contribution in [0.3, 0.4) is 0 Å². The molecule has 1 aromatic heterocycles. The molecule has 3 nitrogen and oxygen atoms in total. The molecule has 76 valence electrons. The van der Waals surface area contributed by atoms with Crippen LogP contribution in [0, 0.1) is 6.92 Å². The number of aryl methyl sites for hydroxylation is 1. The maximum absolute atomic E-state index is 13.2. The van der Waals surface area contributed by atoms with Crippen molar-refractivity contribution in [1.82, 2.24) is 9.97 Å². The molecule has 1 saturated carbocycles. The SMILES string of the molecule is Cc1cnc(O[C@@H]2CCC[C@H]2F)nc1. The zero-order valence-corrected chi connectivity index (χ0v) is 8.11. The summed E-state index contributed by atoms with van der Waals surface area (Å²) in [4.78, 5) is 7.95. The van der Waals surface area contributed by atoms with Crippen molar-refractivity contribution in [3.8, 4) is 6.01 Å². The molecule has 0 radical (unpaired) electrons. The van der Waals surface area contributed by atoms with E-state index in [-0.39, 0.29) is 12.1 Å². The standard InChI is InChI=1S/C10H13FN2O/c1-7-5-12-10(13-6-7)14-9-4-2-3-8(9)11/h5-6,8-9H,2-4H2,1H3/t8-,9-/m1/s1. The molecule has 0 N–H and O–H groups in total. The van der Waals surface area contributed by atoms with Gasteiger partial charge in [0, 0.05) is 12.4 Å². The van der Waals surface area contributed by atoms with Gasteiger partial charge >= 0.3 is 6.01 Å². The number of aromatic nitrogens is 2. The van der Waals surface area contributed by atoms with Crippen LogP contribution in [-0.4, -0.2) is 22.2 Å². The topological polar surface area (TPSA) is 35.0 Å². The predicted octanol–water partition coefficient (Wildman–Crippen LogP) is 2.05. The zero-order chi connectivity index (χ0) is 9.97. The Kier molecular flexibility index (Phi) is 2.61. The van der Waals surface area contributed by atoms with Crippen LogP contribution >= 0.6 is 0 Å². The molecule has 0 bridgehead atoms. The van der Waals surface area contributed by atoms with Crippen molar-refractivity contribution in [3.63, 3.8) is 0 Å². The first kappa shape index (κ1) is 9.37. The first-order valence-electron chi connectivity index (χ1n) is 4.85. The quantitative estimate of drug-likeness (QED) is 0.726.